The molecule has 0 saturated heterocycles. The standard InChI is InChI=1S/C6H7O4P.2Na/c7-5-1-3-6(4-2-5)11(8,9)10;;/h1-4,7H,(H2,8,9,10);;/q;2*+1/p-2. The van der Waals surface area contributed by atoms with Crippen LogP contribution in [0.5, 0.6) is 5.75 Å². The molecule has 0 heterocycles. The predicted octanol–water partition coefficient (Wildman–Crippen LogP) is -7.06. The number of hydrogen-bond donors (Lipinski definition) is 1. The summed E-state index contributed by atoms with van der Waals surface area (Å²) < 4.78 is 10.3. The fraction of sp³-hybridized carbons (Fsp3) is 0. The maximum absolute atomic E-state index is 10.3. The smallest absolute Gasteiger partial charge is 0.807 e. The second-order valence-electron chi connectivity index (χ2n) is 2.01. The Morgan fingerprint density at radius 1 is 1.08 bits per heavy atom. The van der Waals surface area contributed by atoms with E-state index in [1.807, 2.05) is 0 Å². The van der Waals surface area contributed by atoms with Crippen molar-refractivity contribution < 1.29 is 78.6 Å². The summed E-state index contributed by atoms with van der Waals surface area (Å²) in [6, 6.07) is 4.43. The third kappa shape index (κ3) is 5.57. The summed E-state index contributed by atoms with van der Waals surface area (Å²) in [7, 11) is -4.65. The molecule has 1 N–H and O–H groups in total. The fourth-order valence-electron chi connectivity index (χ4n) is 0.635. The van der Waals surface area contributed by atoms with Gasteiger partial charge in [0.25, 0.3) is 0 Å². The molecule has 0 fully saturated rings. The molecule has 0 aliphatic rings. The van der Waals surface area contributed by atoms with E-state index in [0.29, 0.717) is 0 Å². The van der Waals surface area contributed by atoms with Crippen molar-refractivity contribution in [1.29, 1.82) is 0 Å². The molecule has 1 rings (SSSR count). The first kappa shape index (κ1) is 16.6. The first-order valence-corrected chi connectivity index (χ1v) is 4.36. The Morgan fingerprint density at radius 3 is 1.77 bits per heavy atom. The topological polar surface area (TPSA) is 83.4 Å². The van der Waals surface area contributed by atoms with Gasteiger partial charge in [-0.25, -0.2) is 0 Å². The number of aromatic hydroxyl groups is 1. The van der Waals surface area contributed by atoms with Gasteiger partial charge in [-0.05, 0) is 25.0 Å². The average molecular weight is 218 g/mol. The van der Waals surface area contributed by atoms with Crippen molar-refractivity contribution >= 4 is 12.9 Å². The molecule has 1 aromatic carbocycles. The van der Waals surface area contributed by atoms with Gasteiger partial charge < -0.3 is 19.5 Å². The minimum atomic E-state index is -4.65. The van der Waals surface area contributed by atoms with Crippen molar-refractivity contribution in [3.05, 3.63) is 24.3 Å². The van der Waals surface area contributed by atoms with Gasteiger partial charge in [-0.1, -0.05) is 12.1 Å². The summed E-state index contributed by atoms with van der Waals surface area (Å²) in [6.45, 7) is 0. The van der Waals surface area contributed by atoms with E-state index in [4.69, 9.17) is 5.11 Å². The maximum atomic E-state index is 10.3. The van der Waals surface area contributed by atoms with Crippen molar-refractivity contribution in [1.82, 2.24) is 0 Å². The molecule has 0 unspecified atom stereocenters. The fourth-order valence-corrected chi connectivity index (χ4v) is 1.15. The minimum Gasteiger partial charge on any atom is -0.807 e. The summed E-state index contributed by atoms with van der Waals surface area (Å²) >= 11 is 0. The Morgan fingerprint density at radius 2 is 1.46 bits per heavy atom. The van der Waals surface area contributed by atoms with E-state index in [2.05, 4.69) is 0 Å². The molecule has 0 aliphatic carbocycles. The van der Waals surface area contributed by atoms with Crippen LogP contribution in [0, 0.1) is 0 Å². The Balaban J connectivity index is 0. The number of phenols is 1. The van der Waals surface area contributed by atoms with E-state index in [0.717, 1.165) is 24.3 Å². The molecule has 7 heteroatoms. The van der Waals surface area contributed by atoms with E-state index in [1.165, 1.54) is 0 Å². The molecular formula is C6H5Na2O4P. The summed E-state index contributed by atoms with van der Waals surface area (Å²) in [4.78, 5) is 20.7. The van der Waals surface area contributed by atoms with Gasteiger partial charge in [-0.3, -0.25) is 0 Å². The first-order chi connectivity index (χ1) is 5.00. The summed E-state index contributed by atoms with van der Waals surface area (Å²) in [5, 5.41) is 8.42. The predicted molar refractivity (Wildman–Crippen MR) is 35.3 cm³/mol. The minimum absolute atomic E-state index is 0. The Hall–Kier alpha value is 1.17. The molecule has 0 aliphatic heterocycles. The van der Waals surface area contributed by atoms with Crippen molar-refractivity contribution in [2.24, 2.45) is 0 Å². The van der Waals surface area contributed by atoms with Gasteiger partial charge in [0.15, 0.2) is 0 Å². The van der Waals surface area contributed by atoms with Crippen LogP contribution in [0.4, 0.5) is 0 Å². The van der Waals surface area contributed by atoms with E-state index in [-0.39, 0.29) is 70.2 Å². The zero-order chi connectivity index (χ0) is 8.48. The van der Waals surface area contributed by atoms with E-state index in [1.54, 1.807) is 0 Å². The van der Waals surface area contributed by atoms with E-state index in [9.17, 15) is 14.4 Å². The van der Waals surface area contributed by atoms with Crippen molar-refractivity contribution in [2.75, 3.05) is 0 Å². The summed E-state index contributed by atoms with van der Waals surface area (Å²) in [5.74, 6) is -0.0674. The van der Waals surface area contributed by atoms with Gasteiger partial charge in [0, 0.05) is 0 Å². The van der Waals surface area contributed by atoms with Gasteiger partial charge in [0.2, 0.25) is 0 Å². The van der Waals surface area contributed by atoms with Crippen LogP contribution in [0.3, 0.4) is 0 Å². The van der Waals surface area contributed by atoms with Crippen LogP contribution in [-0.2, 0) is 4.57 Å². The second-order valence-corrected chi connectivity index (χ2v) is 3.53. The van der Waals surface area contributed by atoms with Crippen LogP contribution in [0.1, 0.15) is 0 Å². The zero-order valence-corrected chi connectivity index (χ0v) is 12.3. The molecule has 13 heavy (non-hydrogen) atoms. The molecule has 0 atom stereocenters. The Labute approximate surface area is 120 Å². The monoisotopic (exact) mass is 218 g/mol. The van der Waals surface area contributed by atoms with Crippen LogP contribution in [0.2, 0.25) is 0 Å². The zero-order valence-electron chi connectivity index (χ0n) is 7.43. The van der Waals surface area contributed by atoms with Crippen LogP contribution in [0.15, 0.2) is 24.3 Å². The van der Waals surface area contributed by atoms with Crippen LogP contribution >= 0.6 is 7.60 Å². The number of rotatable bonds is 1. The van der Waals surface area contributed by atoms with E-state index < -0.39 is 7.60 Å². The SMILES string of the molecule is O=P([O-])([O-])c1ccc(O)cc1.[Na+].[Na+]. The first-order valence-electron chi connectivity index (χ1n) is 2.82. The van der Waals surface area contributed by atoms with Crippen molar-refractivity contribution in [3.63, 3.8) is 0 Å². The van der Waals surface area contributed by atoms with Gasteiger partial charge >= 0.3 is 59.1 Å². The molecular weight excluding hydrogens is 213 g/mol. The van der Waals surface area contributed by atoms with Gasteiger partial charge in [0.1, 0.15) is 5.75 Å². The third-order valence-corrected chi connectivity index (χ3v) is 2.10. The van der Waals surface area contributed by atoms with E-state index >= 15 is 0 Å². The third-order valence-electron chi connectivity index (χ3n) is 1.17. The summed E-state index contributed by atoms with van der Waals surface area (Å²) in [6.07, 6.45) is 0. The molecule has 0 bridgehead atoms. The number of benzene rings is 1. The number of hydrogen-bond acceptors (Lipinski definition) is 4. The maximum Gasteiger partial charge on any atom is 1.00 e. The average Bonchev–Trinajstić information content (AvgIpc) is 1.86. The van der Waals surface area contributed by atoms with Crippen LogP contribution < -0.4 is 74.2 Å². The second kappa shape index (κ2) is 6.62. The molecule has 1 aromatic rings. The molecule has 0 amide bonds. The summed E-state index contributed by atoms with van der Waals surface area (Å²) in [5.41, 5.74) is 0. The van der Waals surface area contributed by atoms with Gasteiger partial charge in [-0.2, -0.15) is 0 Å². The molecule has 0 spiro atoms. The largest absolute Gasteiger partial charge is 1.00 e. The van der Waals surface area contributed by atoms with Crippen LogP contribution in [-0.4, -0.2) is 5.11 Å². The van der Waals surface area contributed by atoms with Crippen molar-refractivity contribution in [3.8, 4) is 5.75 Å². The Bertz CT molecular complexity index is 294. The molecule has 60 valence electrons. The molecule has 0 aromatic heterocycles. The quantitative estimate of drug-likeness (QED) is 0.375. The van der Waals surface area contributed by atoms with Gasteiger partial charge in [0.05, 0.1) is 0 Å². The molecule has 0 saturated carbocycles. The Kier molecular flexibility index (Phi) is 8.45. The van der Waals surface area contributed by atoms with Crippen LogP contribution in [0.25, 0.3) is 0 Å². The number of phenolic OH excluding ortho intramolecular Hbond substituents is 1. The van der Waals surface area contributed by atoms with Crippen molar-refractivity contribution in [2.45, 2.75) is 0 Å². The molecule has 4 nitrogen and oxygen atoms in total. The van der Waals surface area contributed by atoms with Gasteiger partial charge in [-0.15, -0.1) is 0 Å². The molecule has 0 radical (unpaired) electrons. The normalized spacial score (nSPS) is 9.69.